The number of nitrogens with one attached hydrogen (secondary N) is 1. The second-order valence-corrected chi connectivity index (χ2v) is 5.03. The molecular formula is C14H17N2O2+. The van der Waals surface area contributed by atoms with Gasteiger partial charge in [0, 0.05) is 12.8 Å². The topological polar surface area (TPSA) is 41.8 Å². The van der Waals surface area contributed by atoms with Crippen molar-refractivity contribution in [2.75, 3.05) is 18.0 Å². The maximum Gasteiger partial charge on any atom is 0.292 e. The summed E-state index contributed by atoms with van der Waals surface area (Å²) in [5.41, 5.74) is 0.702. The van der Waals surface area contributed by atoms with Crippen LogP contribution in [-0.4, -0.2) is 30.9 Å². The van der Waals surface area contributed by atoms with Crippen molar-refractivity contribution in [3.8, 4) is 0 Å². The van der Waals surface area contributed by atoms with E-state index in [0.29, 0.717) is 12.1 Å². The van der Waals surface area contributed by atoms with Crippen LogP contribution in [0.1, 0.15) is 19.3 Å². The van der Waals surface area contributed by atoms with Gasteiger partial charge in [0.2, 0.25) is 5.91 Å². The maximum absolute atomic E-state index is 12.4. The molecule has 0 saturated carbocycles. The molecule has 2 aliphatic rings. The summed E-state index contributed by atoms with van der Waals surface area (Å²) < 4.78 is 0. The van der Waals surface area contributed by atoms with Crippen molar-refractivity contribution in [2.24, 2.45) is 0 Å². The van der Waals surface area contributed by atoms with Gasteiger partial charge in [-0.1, -0.05) is 18.2 Å². The molecule has 1 atom stereocenters. The Kier molecular flexibility index (Phi) is 2.88. The van der Waals surface area contributed by atoms with Crippen molar-refractivity contribution >= 4 is 17.5 Å². The molecule has 1 aromatic carbocycles. The van der Waals surface area contributed by atoms with Crippen LogP contribution in [0.4, 0.5) is 5.69 Å². The van der Waals surface area contributed by atoms with E-state index in [-0.39, 0.29) is 17.9 Å². The van der Waals surface area contributed by atoms with Gasteiger partial charge < -0.3 is 4.90 Å². The summed E-state index contributed by atoms with van der Waals surface area (Å²) in [5, 5.41) is 0. The summed E-state index contributed by atoms with van der Waals surface area (Å²) in [6, 6.07) is 9.07. The quantitative estimate of drug-likeness (QED) is 0.745. The molecule has 18 heavy (non-hydrogen) atoms. The van der Waals surface area contributed by atoms with E-state index in [1.165, 1.54) is 22.6 Å². The lowest BCUT2D eigenvalue weighted by Gasteiger charge is -2.19. The second kappa shape index (κ2) is 4.53. The highest BCUT2D eigenvalue weighted by molar-refractivity contribution is 6.21. The number of carbonyl (C=O) groups excluding carboxylic acids is 2. The second-order valence-electron chi connectivity index (χ2n) is 5.03. The zero-order chi connectivity index (χ0) is 12.5. The molecule has 0 spiro atoms. The Morgan fingerprint density at radius 2 is 1.72 bits per heavy atom. The Morgan fingerprint density at radius 1 is 1.06 bits per heavy atom. The third-order valence-electron chi connectivity index (χ3n) is 3.90. The minimum atomic E-state index is -0.153. The smallest absolute Gasteiger partial charge is 0.292 e. The Bertz CT molecular complexity index is 466. The van der Waals surface area contributed by atoms with E-state index in [1.807, 2.05) is 30.3 Å². The molecule has 3 rings (SSSR count). The van der Waals surface area contributed by atoms with Crippen LogP contribution in [0.15, 0.2) is 30.3 Å². The first kappa shape index (κ1) is 11.4. The van der Waals surface area contributed by atoms with E-state index in [4.69, 9.17) is 0 Å². The van der Waals surface area contributed by atoms with Gasteiger partial charge in [0.25, 0.3) is 5.91 Å². The molecular weight excluding hydrogens is 228 g/mol. The van der Waals surface area contributed by atoms with Crippen molar-refractivity contribution in [3.63, 3.8) is 0 Å². The number of hydrogen-bond acceptors (Lipinski definition) is 2. The third-order valence-corrected chi connectivity index (χ3v) is 3.90. The summed E-state index contributed by atoms with van der Waals surface area (Å²) in [4.78, 5) is 27.1. The molecule has 4 heteroatoms. The first-order valence-electron chi connectivity index (χ1n) is 6.54. The molecule has 2 saturated heterocycles. The van der Waals surface area contributed by atoms with Crippen molar-refractivity contribution in [2.45, 2.75) is 25.3 Å². The van der Waals surface area contributed by atoms with Gasteiger partial charge in [-0.15, -0.1) is 0 Å². The molecule has 2 aliphatic heterocycles. The average Bonchev–Trinajstić information content (AvgIpc) is 2.99. The van der Waals surface area contributed by atoms with E-state index in [9.17, 15) is 9.59 Å². The van der Waals surface area contributed by atoms with Gasteiger partial charge in [-0.2, -0.15) is 0 Å². The summed E-state index contributed by atoms with van der Waals surface area (Å²) in [5.74, 6) is -0.0845. The summed E-state index contributed by atoms with van der Waals surface area (Å²) in [6.45, 7) is 2.04. The molecule has 0 aromatic heterocycles. The van der Waals surface area contributed by atoms with Crippen LogP contribution in [0.25, 0.3) is 0 Å². The van der Waals surface area contributed by atoms with Gasteiger partial charge in [-0.25, -0.2) is 4.90 Å². The van der Waals surface area contributed by atoms with E-state index >= 15 is 0 Å². The third kappa shape index (κ3) is 1.82. The number of carbonyl (C=O) groups is 2. The molecule has 2 heterocycles. The lowest BCUT2D eigenvalue weighted by molar-refractivity contribution is -0.902. The molecule has 0 aliphatic carbocycles. The number of imide groups is 1. The first-order chi connectivity index (χ1) is 8.77. The standard InChI is InChI=1S/C14H16N2O2/c17-13-10-12(15-8-4-5-9-15)14(18)16(13)11-6-2-1-3-7-11/h1-3,6-7,12H,4-5,8-10H2/p+1/t12-/m1/s1. The van der Waals surface area contributed by atoms with Gasteiger partial charge in [-0.05, 0) is 12.1 Å². The van der Waals surface area contributed by atoms with E-state index in [2.05, 4.69) is 0 Å². The molecule has 0 unspecified atom stereocenters. The maximum atomic E-state index is 12.4. The normalized spacial score (nSPS) is 25.1. The van der Waals surface area contributed by atoms with Crippen LogP contribution in [0.3, 0.4) is 0 Å². The van der Waals surface area contributed by atoms with Crippen LogP contribution in [0, 0.1) is 0 Å². The van der Waals surface area contributed by atoms with E-state index in [0.717, 1.165) is 13.1 Å². The zero-order valence-corrected chi connectivity index (χ0v) is 10.3. The average molecular weight is 245 g/mol. The molecule has 2 amide bonds. The lowest BCUT2D eigenvalue weighted by atomic mass is 10.2. The van der Waals surface area contributed by atoms with Crippen LogP contribution in [0.2, 0.25) is 0 Å². The monoisotopic (exact) mass is 245 g/mol. The Balaban J connectivity index is 1.85. The largest absolute Gasteiger partial charge is 0.324 e. The number of quaternary nitrogens is 1. The van der Waals surface area contributed by atoms with E-state index < -0.39 is 0 Å². The van der Waals surface area contributed by atoms with E-state index in [1.54, 1.807) is 0 Å². The molecule has 1 aromatic rings. The number of hydrogen-bond donors (Lipinski definition) is 1. The first-order valence-corrected chi connectivity index (χ1v) is 6.54. The number of likely N-dealkylation sites (tertiary alicyclic amines) is 1. The SMILES string of the molecule is O=C1C[C@@H]([NH+]2CCCC2)C(=O)N1c1ccccc1. The predicted octanol–water partition coefficient (Wildman–Crippen LogP) is -0.00280. The van der Waals surface area contributed by atoms with Gasteiger partial charge in [0.05, 0.1) is 25.2 Å². The molecule has 2 fully saturated rings. The lowest BCUT2D eigenvalue weighted by Crippen LogP contribution is -3.14. The number of rotatable bonds is 2. The Hall–Kier alpha value is -1.68. The molecule has 0 bridgehead atoms. The fraction of sp³-hybridized carbons (Fsp3) is 0.429. The Labute approximate surface area is 106 Å². The van der Waals surface area contributed by atoms with Crippen molar-refractivity contribution < 1.29 is 14.5 Å². The fourth-order valence-electron chi connectivity index (χ4n) is 2.98. The molecule has 0 radical (unpaired) electrons. The van der Waals surface area contributed by atoms with Crippen LogP contribution < -0.4 is 9.80 Å². The van der Waals surface area contributed by atoms with Crippen LogP contribution in [-0.2, 0) is 9.59 Å². The Morgan fingerprint density at radius 3 is 2.39 bits per heavy atom. The molecule has 4 nitrogen and oxygen atoms in total. The molecule has 94 valence electrons. The van der Waals surface area contributed by atoms with Gasteiger partial charge >= 0.3 is 0 Å². The highest BCUT2D eigenvalue weighted by Crippen LogP contribution is 2.21. The number of para-hydroxylation sites is 1. The van der Waals surface area contributed by atoms with Crippen molar-refractivity contribution in [3.05, 3.63) is 30.3 Å². The summed E-state index contributed by atoms with van der Waals surface area (Å²) in [6.07, 6.45) is 2.69. The van der Waals surface area contributed by atoms with Gasteiger partial charge in [0.1, 0.15) is 0 Å². The minimum absolute atomic E-state index is 0.0249. The fourth-order valence-corrected chi connectivity index (χ4v) is 2.98. The number of benzene rings is 1. The highest BCUT2D eigenvalue weighted by atomic mass is 16.2. The van der Waals surface area contributed by atoms with Crippen molar-refractivity contribution in [1.82, 2.24) is 0 Å². The zero-order valence-electron chi connectivity index (χ0n) is 10.3. The number of anilines is 1. The van der Waals surface area contributed by atoms with Gasteiger partial charge in [-0.3, -0.25) is 9.59 Å². The predicted molar refractivity (Wildman–Crippen MR) is 67.3 cm³/mol. The van der Waals surface area contributed by atoms with Crippen molar-refractivity contribution in [1.29, 1.82) is 0 Å². The summed E-state index contributed by atoms with van der Waals surface area (Å²) in [7, 11) is 0. The van der Waals surface area contributed by atoms with Crippen LogP contribution >= 0.6 is 0 Å². The number of amides is 2. The minimum Gasteiger partial charge on any atom is -0.324 e. The summed E-state index contributed by atoms with van der Waals surface area (Å²) >= 11 is 0. The van der Waals surface area contributed by atoms with Gasteiger partial charge in [0.15, 0.2) is 6.04 Å². The van der Waals surface area contributed by atoms with Crippen LogP contribution in [0.5, 0.6) is 0 Å². The number of nitrogens with zero attached hydrogens (tertiary/aromatic N) is 1. The molecule has 1 N–H and O–H groups in total. The highest BCUT2D eigenvalue weighted by Gasteiger charge is 2.46.